The van der Waals surface area contributed by atoms with Gasteiger partial charge < -0.3 is 5.32 Å². The van der Waals surface area contributed by atoms with Crippen molar-refractivity contribution in [2.24, 2.45) is 0 Å². The van der Waals surface area contributed by atoms with Crippen molar-refractivity contribution in [2.45, 2.75) is 12.5 Å². The summed E-state index contributed by atoms with van der Waals surface area (Å²) >= 11 is 0. The molecule has 0 saturated carbocycles. The van der Waals surface area contributed by atoms with Crippen LogP contribution in [-0.2, 0) is 10.2 Å². The van der Waals surface area contributed by atoms with Gasteiger partial charge in [-0.25, -0.2) is 0 Å². The summed E-state index contributed by atoms with van der Waals surface area (Å²) in [5.41, 5.74) is 0. The van der Waals surface area contributed by atoms with E-state index >= 15 is 0 Å². The number of nitrogens with zero attached hydrogens (tertiary/aromatic N) is 2. The van der Waals surface area contributed by atoms with Crippen LogP contribution in [0, 0.1) is 0 Å². The van der Waals surface area contributed by atoms with Gasteiger partial charge in [-0.1, -0.05) is 0 Å². The molecule has 0 aromatic heterocycles. The van der Waals surface area contributed by atoms with E-state index in [9.17, 15) is 8.42 Å². The number of hydrogen-bond donors (Lipinski definition) is 1. The van der Waals surface area contributed by atoms with Crippen LogP contribution in [0.5, 0.6) is 0 Å². The highest BCUT2D eigenvalue weighted by atomic mass is 32.2. The van der Waals surface area contributed by atoms with Crippen LogP contribution >= 0.6 is 0 Å². The van der Waals surface area contributed by atoms with Gasteiger partial charge in [-0.2, -0.15) is 17.0 Å². The second-order valence-electron chi connectivity index (χ2n) is 3.45. The molecule has 0 aliphatic carbocycles. The summed E-state index contributed by atoms with van der Waals surface area (Å²) in [5, 5.41) is 3.14. The van der Waals surface area contributed by atoms with Gasteiger partial charge in [0.2, 0.25) is 0 Å². The Bertz CT molecular complexity index is 257. The molecule has 0 aromatic carbocycles. The highest BCUT2D eigenvalue weighted by Crippen LogP contribution is 2.12. The second-order valence-corrected chi connectivity index (χ2v) is 5.65. The molecule has 1 unspecified atom stereocenters. The van der Waals surface area contributed by atoms with Crippen molar-refractivity contribution >= 4 is 10.2 Å². The Labute approximate surface area is 79.9 Å². The molecule has 1 atom stereocenters. The zero-order chi connectivity index (χ0) is 10.1. The lowest BCUT2D eigenvalue weighted by molar-refractivity contribution is 0.357. The zero-order valence-corrected chi connectivity index (χ0v) is 9.13. The van der Waals surface area contributed by atoms with Gasteiger partial charge in [-0.05, 0) is 13.0 Å². The molecule has 1 fully saturated rings. The zero-order valence-electron chi connectivity index (χ0n) is 8.32. The fraction of sp³-hybridized carbons (Fsp3) is 1.00. The minimum Gasteiger partial charge on any atom is -0.315 e. The smallest absolute Gasteiger partial charge is 0.281 e. The topological polar surface area (TPSA) is 52.7 Å². The molecule has 0 amide bonds. The second kappa shape index (κ2) is 3.91. The molecule has 78 valence electrons. The number of rotatable bonds is 3. The minimum atomic E-state index is -3.23. The van der Waals surface area contributed by atoms with E-state index in [1.54, 1.807) is 21.1 Å². The third kappa shape index (κ3) is 2.19. The van der Waals surface area contributed by atoms with Crippen molar-refractivity contribution in [1.82, 2.24) is 13.9 Å². The maximum atomic E-state index is 11.6. The normalized spacial score (nSPS) is 24.5. The predicted octanol–water partition coefficient (Wildman–Crippen LogP) is -0.913. The predicted molar refractivity (Wildman–Crippen MR) is 51.6 cm³/mol. The van der Waals surface area contributed by atoms with Crippen LogP contribution in [0.3, 0.4) is 0 Å². The molecule has 0 radical (unpaired) electrons. The monoisotopic (exact) mass is 207 g/mol. The molecular weight excluding hydrogens is 190 g/mol. The maximum Gasteiger partial charge on any atom is 0.281 e. The van der Waals surface area contributed by atoms with E-state index in [2.05, 4.69) is 5.32 Å². The van der Waals surface area contributed by atoms with Crippen molar-refractivity contribution in [2.75, 3.05) is 34.2 Å². The van der Waals surface area contributed by atoms with E-state index in [-0.39, 0.29) is 6.04 Å². The van der Waals surface area contributed by atoms with E-state index in [4.69, 9.17) is 0 Å². The molecule has 1 rings (SSSR count). The molecule has 1 aliphatic rings. The van der Waals surface area contributed by atoms with Crippen LogP contribution in [0.15, 0.2) is 0 Å². The summed E-state index contributed by atoms with van der Waals surface area (Å²) in [6, 6.07) is 0.104. The van der Waals surface area contributed by atoms with Gasteiger partial charge in [-0.3, -0.25) is 0 Å². The van der Waals surface area contributed by atoms with E-state index in [1.807, 2.05) is 0 Å². The number of hydrogen-bond acceptors (Lipinski definition) is 3. The van der Waals surface area contributed by atoms with Gasteiger partial charge >= 0.3 is 0 Å². The molecule has 1 saturated heterocycles. The molecule has 13 heavy (non-hydrogen) atoms. The van der Waals surface area contributed by atoms with Crippen molar-refractivity contribution in [3.63, 3.8) is 0 Å². The summed E-state index contributed by atoms with van der Waals surface area (Å²) in [4.78, 5) is 0. The average molecular weight is 207 g/mol. The molecule has 5 nitrogen and oxygen atoms in total. The van der Waals surface area contributed by atoms with Crippen LogP contribution in [0.4, 0.5) is 0 Å². The van der Waals surface area contributed by atoms with Crippen molar-refractivity contribution in [1.29, 1.82) is 0 Å². The highest BCUT2D eigenvalue weighted by molar-refractivity contribution is 7.86. The van der Waals surface area contributed by atoms with Gasteiger partial charge in [0.25, 0.3) is 10.2 Å². The first kappa shape index (κ1) is 10.9. The van der Waals surface area contributed by atoms with E-state index < -0.39 is 10.2 Å². The first-order valence-corrected chi connectivity index (χ1v) is 5.72. The fourth-order valence-electron chi connectivity index (χ4n) is 1.40. The van der Waals surface area contributed by atoms with E-state index in [1.165, 1.54) is 8.61 Å². The summed E-state index contributed by atoms with van der Waals surface area (Å²) in [6.45, 7) is 1.65. The molecule has 0 aromatic rings. The van der Waals surface area contributed by atoms with Gasteiger partial charge in [0.05, 0.1) is 0 Å². The Morgan fingerprint density at radius 1 is 1.31 bits per heavy atom. The van der Waals surface area contributed by atoms with Gasteiger partial charge in [-0.15, -0.1) is 0 Å². The van der Waals surface area contributed by atoms with Crippen molar-refractivity contribution in [3.8, 4) is 0 Å². The highest BCUT2D eigenvalue weighted by Gasteiger charge is 2.29. The molecule has 0 spiro atoms. The van der Waals surface area contributed by atoms with Gasteiger partial charge in [0.1, 0.15) is 0 Å². The maximum absolute atomic E-state index is 11.6. The quantitative estimate of drug-likeness (QED) is 0.651. The van der Waals surface area contributed by atoms with Crippen LogP contribution < -0.4 is 5.32 Å². The van der Waals surface area contributed by atoms with Crippen LogP contribution in [-0.4, -0.2) is 57.3 Å². The Balaban J connectivity index is 2.71. The molecular formula is C7H17N3O2S. The first-order chi connectivity index (χ1) is 5.96. The van der Waals surface area contributed by atoms with Gasteiger partial charge in [0.15, 0.2) is 0 Å². The molecule has 1 heterocycles. The van der Waals surface area contributed by atoms with Gasteiger partial charge in [0, 0.05) is 33.7 Å². The van der Waals surface area contributed by atoms with Crippen molar-refractivity contribution < 1.29 is 8.42 Å². The van der Waals surface area contributed by atoms with E-state index in [0.717, 1.165) is 19.5 Å². The first-order valence-electron chi connectivity index (χ1n) is 4.32. The summed E-state index contributed by atoms with van der Waals surface area (Å²) in [7, 11) is 1.50. The number of nitrogens with one attached hydrogen (secondary N) is 1. The number of likely N-dealkylation sites (N-methyl/N-ethyl adjacent to an activating group) is 1. The Morgan fingerprint density at radius 2 is 1.92 bits per heavy atom. The van der Waals surface area contributed by atoms with Crippen LogP contribution in [0.1, 0.15) is 6.42 Å². The Kier molecular flexibility index (Phi) is 3.28. The summed E-state index contributed by atoms with van der Waals surface area (Å²) in [5.74, 6) is 0. The lowest BCUT2D eigenvalue weighted by Crippen LogP contribution is -2.44. The van der Waals surface area contributed by atoms with Crippen molar-refractivity contribution in [3.05, 3.63) is 0 Å². The Morgan fingerprint density at radius 3 is 2.31 bits per heavy atom. The van der Waals surface area contributed by atoms with Crippen LogP contribution in [0.25, 0.3) is 0 Å². The summed E-state index contributed by atoms with van der Waals surface area (Å²) in [6.07, 6.45) is 0.892. The Hall–Kier alpha value is -0.170. The third-order valence-electron chi connectivity index (χ3n) is 2.37. The minimum absolute atomic E-state index is 0.104. The molecule has 6 heteroatoms. The average Bonchev–Trinajstić information content (AvgIpc) is 2.54. The molecule has 0 bridgehead atoms. The molecule has 1 aliphatic heterocycles. The lowest BCUT2D eigenvalue weighted by Gasteiger charge is -2.26. The third-order valence-corrected chi connectivity index (χ3v) is 4.32. The standard InChI is InChI=1S/C7H17N3O2S/c1-9(2)13(11,12)10(3)7-4-5-8-6-7/h7-8H,4-6H2,1-3H3. The lowest BCUT2D eigenvalue weighted by atomic mass is 10.3. The van der Waals surface area contributed by atoms with Crippen LogP contribution in [0.2, 0.25) is 0 Å². The van der Waals surface area contributed by atoms with E-state index in [0.29, 0.717) is 0 Å². The fourth-order valence-corrected chi connectivity index (χ4v) is 2.47. The largest absolute Gasteiger partial charge is 0.315 e. The SMILES string of the molecule is CN(C)S(=O)(=O)N(C)C1CCNC1. The molecule has 1 N–H and O–H groups in total. The summed E-state index contributed by atoms with van der Waals surface area (Å²) < 4.78 is 26.0.